The van der Waals surface area contributed by atoms with E-state index < -0.39 is 17.9 Å². The molecular weight excluding hydrogens is 435 g/mol. The van der Waals surface area contributed by atoms with Gasteiger partial charge < -0.3 is 19.1 Å². The summed E-state index contributed by atoms with van der Waals surface area (Å²) in [5.74, 6) is -0.609. The van der Waals surface area contributed by atoms with E-state index in [0.29, 0.717) is 28.7 Å². The van der Waals surface area contributed by atoms with E-state index in [2.05, 4.69) is 4.98 Å². The molecule has 4 rings (SSSR count). The van der Waals surface area contributed by atoms with Crippen molar-refractivity contribution >= 4 is 28.6 Å². The Kier molecular flexibility index (Phi) is 6.01. The average Bonchev–Trinajstić information content (AvgIpc) is 3.03. The van der Waals surface area contributed by atoms with Crippen molar-refractivity contribution in [1.29, 1.82) is 0 Å². The largest absolute Gasteiger partial charge is 0.479 e. The van der Waals surface area contributed by atoms with Crippen molar-refractivity contribution in [3.8, 4) is 17.2 Å². The molecule has 2 aromatic carbocycles. The molecule has 32 heavy (non-hydrogen) atoms. The number of aliphatic carboxylic acids is 1. The zero-order valence-electron chi connectivity index (χ0n) is 17.4. The number of benzene rings is 2. The standard InChI is InChI=1S/C24H20ClFN2O4/c1-14-22(32-18-8-6-17(25)7-9-18)19-4-3-11-27-23(19)28(14)13-16-5-10-20(26)21(12-16)31-15(2)24(29)30/h3-12,15H,13H2,1-2H3,(H,29,30)/t15-/m0/s1. The second kappa shape index (κ2) is 8.88. The van der Waals surface area contributed by atoms with Gasteiger partial charge in [0, 0.05) is 17.8 Å². The predicted molar refractivity (Wildman–Crippen MR) is 119 cm³/mol. The van der Waals surface area contributed by atoms with Gasteiger partial charge in [-0.05, 0) is 67.9 Å². The monoisotopic (exact) mass is 454 g/mol. The maximum atomic E-state index is 14.2. The number of halogens is 2. The lowest BCUT2D eigenvalue weighted by molar-refractivity contribution is -0.144. The second-order valence-electron chi connectivity index (χ2n) is 7.29. The van der Waals surface area contributed by atoms with Crippen LogP contribution in [0.15, 0.2) is 60.8 Å². The van der Waals surface area contributed by atoms with E-state index in [1.54, 1.807) is 36.5 Å². The molecule has 6 nitrogen and oxygen atoms in total. The zero-order chi connectivity index (χ0) is 22.8. The fraction of sp³-hybridized carbons (Fsp3) is 0.167. The number of pyridine rings is 1. The first-order valence-electron chi connectivity index (χ1n) is 9.88. The number of fused-ring (bicyclic) bond motifs is 1. The highest BCUT2D eigenvalue weighted by Gasteiger charge is 2.19. The van der Waals surface area contributed by atoms with Crippen LogP contribution in [-0.2, 0) is 11.3 Å². The third-order valence-electron chi connectivity index (χ3n) is 5.04. The third-order valence-corrected chi connectivity index (χ3v) is 5.29. The quantitative estimate of drug-likeness (QED) is 0.380. The molecule has 0 radical (unpaired) electrons. The molecule has 1 N–H and O–H groups in total. The van der Waals surface area contributed by atoms with Gasteiger partial charge in [0.25, 0.3) is 0 Å². The maximum absolute atomic E-state index is 14.2. The molecule has 0 aliphatic rings. The number of aromatic nitrogens is 2. The van der Waals surface area contributed by atoms with Crippen LogP contribution < -0.4 is 9.47 Å². The Labute approximate surface area is 188 Å². The summed E-state index contributed by atoms with van der Waals surface area (Å²) >= 11 is 5.97. The number of carboxylic acids is 1. The van der Waals surface area contributed by atoms with Crippen LogP contribution >= 0.6 is 11.6 Å². The molecule has 4 aromatic rings. The molecule has 0 aliphatic heterocycles. The Morgan fingerprint density at radius 3 is 2.69 bits per heavy atom. The van der Waals surface area contributed by atoms with Crippen molar-refractivity contribution in [2.45, 2.75) is 26.5 Å². The number of carbonyl (C=O) groups is 1. The average molecular weight is 455 g/mol. The van der Waals surface area contributed by atoms with Gasteiger partial charge in [0.1, 0.15) is 11.4 Å². The van der Waals surface area contributed by atoms with E-state index >= 15 is 0 Å². The topological polar surface area (TPSA) is 73.6 Å². The number of hydrogen-bond donors (Lipinski definition) is 1. The van der Waals surface area contributed by atoms with Crippen LogP contribution in [0, 0.1) is 12.7 Å². The summed E-state index contributed by atoms with van der Waals surface area (Å²) < 4.78 is 27.5. The van der Waals surface area contributed by atoms with Crippen LogP contribution in [-0.4, -0.2) is 26.7 Å². The highest BCUT2D eigenvalue weighted by molar-refractivity contribution is 6.30. The van der Waals surface area contributed by atoms with Crippen molar-refractivity contribution in [2.24, 2.45) is 0 Å². The lowest BCUT2D eigenvalue weighted by Gasteiger charge is -2.14. The minimum Gasteiger partial charge on any atom is -0.479 e. The normalized spacial score (nSPS) is 12.0. The SMILES string of the molecule is Cc1c(Oc2ccc(Cl)cc2)c2cccnc2n1Cc1ccc(F)c(O[C@@H](C)C(=O)O)c1. The lowest BCUT2D eigenvalue weighted by atomic mass is 10.2. The maximum Gasteiger partial charge on any atom is 0.344 e. The van der Waals surface area contributed by atoms with Crippen LogP contribution in [0.3, 0.4) is 0 Å². The van der Waals surface area contributed by atoms with Crippen molar-refractivity contribution in [1.82, 2.24) is 9.55 Å². The molecular formula is C24H20ClFN2O4. The van der Waals surface area contributed by atoms with E-state index in [1.165, 1.54) is 19.1 Å². The summed E-state index contributed by atoms with van der Waals surface area (Å²) in [4.78, 5) is 15.6. The molecule has 0 aliphatic carbocycles. The molecule has 1 atom stereocenters. The van der Waals surface area contributed by atoms with Gasteiger partial charge in [0.2, 0.25) is 0 Å². The van der Waals surface area contributed by atoms with Crippen LogP contribution in [0.2, 0.25) is 5.02 Å². The van der Waals surface area contributed by atoms with E-state index in [9.17, 15) is 9.18 Å². The van der Waals surface area contributed by atoms with Gasteiger partial charge in [0.15, 0.2) is 23.4 Å². The summed E-state index contributed by atoms with van der Waals surface area (Å²) in [5.41, 5.74) is 2.27. The number of rotatable bonds is 7. The number of hydrogen-bond acceptors (Lipinski definition) is 4. The minimum atomic E-state index is -1.17. The van der Waals surface area contributed by atoms with Gasteiger partial charge in [-0.25, -0.2) is 14.2 Å². The van der Waals surface area contributed by atoms with Crippen LogP contribution in [0.25, 0.3) is 11.0 Å². The molecule has 0 spiro atoms. The van der Waals surface area contributed by atoms with Crippen LogP contribution in [0.4, 0.5) is 4.39 Å². The Hall–Kier alpha value is -3.58. The Morgan fingerprint density at radius 1 is 1.22 bits per heavy atom. The Morgan fingerprint density at radius 2 is 1.97 bits per heavy atom. The summed E-state index contributed by atoms with van der Waals surface area (Å²) in [6, 6.07) is 15.2. The minimum absolute atomic E-state index is 0.114. The molecule has 0 amide bonds. The van der Waals surface area contributed by atoms with Gasteiger partial charge >= 0.3 is 5.97 Å². The summed E-state index contributed by atoms with van der Waals surface area (Å²) in [6.07, 6.45) is 0.521. The molecule has 2 aromatic heterocycles. The molecule has 0 fully saturated rings. The number of nitrogens with zero attached hydrogens (tertiary/aromatic N) is 2. The molecule has 0 bridgehead atoms. The predicted octanol–water partition coefficient (Wildman–Crippen LogP) is 5.83. The molecule has 8 heteroatoms. The second-order valence-corrected chi connectivity index (χ2v) is 7.73. The van der Waals surface area contributed by atoms with Crippen molar-refractivity contribution < 1.29 is 23.8 Å². The van der Waals surface area contributed by atoms with E-state index in [0.717, 1.165) is 16.6 Å². The lowest BCUT2D eigenvalue weighted by Crippen LogP contribution is -2.23. The Bertz CT molecular complexity index is 1290. The first kappa shape index (κ1) is 21.6. The van der Waals surface area contributed by atoms with Crippen LogP contribution in [0.1, 0.15) is 18.2 Å². The van der Waals surface area contributed by atoms with Crippen molar-refractivity contribution in [3.63, 3.8) is 0 Å². The van der Waals surface area contributed by atoms with Gasteiger partial charge in [-0.3, -0.25) is 0 Å². The fourth-order valence-electron chi connectivity index (χ4n) is 3.37. The first-order valence-corrected chi connectivity index (χ1v) is 10.3. The first-order chi connectivity index (χ1) is 15.3. The smallest absolute Gasteiger partial charge is 0.344 e. The van der Waals surface area contributed by atoms with Gasteiger partial charge in [-0.1, -0.05) is 17.7 Å². The Balaban J connectivity index is 1.70. The van der Waals surface area contributed by atoms with E-state index in [4.69, 9.17) is 26.2 Å². The summed E-state index contributed by atoms with van der Waals surface area (Å²) in [6.45, 7) is 3.63. The van der Waals surface area contributed by atoms with E-state index in [1.807, 2.05) is 23.6 Å². The highest BCUT2D eigenvalue weighted by Crippen LogP contribution is 2.36. The highest BCUT2D eigenvalue weighted by atomic mass is 35.5. The molecule has 164 valence electrons. The van der Waals surface area contributed by atoms with Crippen molar-refractivity contribution in [3.05, 3.63) is 82.9 Å². The number of ether oxygens (including phenoxy) is 2. The van der Waals surface area contributed by atoms with E-state index in [-0.39, 0.29) is 5.75 Å². The van der Waals surface area contributed by atoms with Crippen molar-refractivity contribution in [2.75, 3.05) is 0 Å². The fourth-order valence-corrected chi connectivity index (χ4v) is 3.49. The molecule has 0 unspecified atom stereocenters. The molecule has 0 saturated heterocycles. The van der Waals surface area contributed by atoms with Gasteiger partial charge in [0.05, 0.1) is 11.1 Å². The summed E-state index contributed by atoms with van der Waals surface area (Å²) in [5, 5.41) is 10.5. The zero-order valence-corrected chi connectivity index (χ0v) is 18.1. The molecule has 0 saturated carbocycles. The number of carboxylic acid groups (broad SMARTS) is 1. The van der Waals surface area contributed by atoms with Gasteiger partial charge in [-0.2, -0.15) is 0 Å². The molecule has 2 heterocycles. The van der Waals surface area contributed by atoms with Crippen LogP contribution in [0.5, 0.6) is 17.2 Å². The van der Waals surface area contributed by atoms with Gasteiger partial charge in [-0.15, -0.1) is 0 Å². The summed E-state index contributed by atoms with van der Waals surface area (Å²) in [7, 11) is 0. The third kappa shape index (κ3) is 4.38.